The second kappa shape index (κ2) is 7.15. The summed E-state index contributed by atoms with van der Waals surface area (Å²) in [6.45, 7) is 13.6. The van der Waals surface area contributed by atoms with Crippen molar-refractivity contribution in [1.29, 1.82) is 0 Å². The minimum Gasteiger partial charge on any atom is -0.371 e. The number of piperidine rings is 1. The van der Waals surface area contributed by atoms with Gasteiger partial charge in [-0.25, -0.2) is 0 Å². The molecule has 3 heteroatoms. The molecule has 0 spiro atoms. The summed E-state index contributed by atoms with van der Waals surface area (Å²) in [7, 11) is 0. The van der Waals surface area contributed by atoms with Crippen molar-refractivity contribution in [3.63, 3.8) is 0 Å². The SMILES string of the molecule is CC(C)CNCc1ccc(Br)cc1N1CCC(C)(C)CC1. The molecule has 118 valence electrons. The second-order valence-corrected chi connectivity index (χ2v) is 8.36. The quantitative estimate of drug-likeness (QED) is 0.816. The van der Waals surface area contributed by atoms with Gasteiger partial charge in [0.2, 0.25) is 0 Å². The van der Waals surface area contributed by atoms with E-state index < -0.39 is 0 Å². The lowest BCUT2D eigenvalue weighted by Crippen LogP contribution is -2.38. The van der Waals surface area contributed by atoms with Crippen molar-refractivity contribution < 1.29 is 0 Å². The Hall–Kier alpha value is -0.540. The van der Waals surface area contributed by atoms with E-state index >= 15 is 0 Å². The van der Waals surface area contributed by atoms with Crippen LogP contribution in [-0.4, -0.2) is 19.6 Å². The molecule has 1 aromatic carbocycles. The van der Waals surface area contributed by atoms with Crippen LogP contribution in [0.1, 0.15) is 46.1 Å². The Balaban J connectivity index is 2.08. The Morgan fingerprint density at radius 3 is 2.52 bits per heavy atom. The van der Waals surface area contributed by atoms with Gasteiger partial charge in [-0.15, -0.1) is 0 Å². The minimum absolute atomic E-state index is 0.499. The maximum absolute atomic E-state index is 3.63. The average Bonchev–Trinajstić information content (AvgIpc) is 2.40. The van der Waals surface area contributed by atoms with Gasteiger partial charge in [0.1, 0.15) is 0 Å². The molecule has 2 rings (SSSR count). The molecule has 0 amide bonds. The maximum Gasteiger partial charge on any atom is 0.0423 e. The van der Waals surface area contributed by atoms with E-state index in [2.05, 4.69) is 72.0 Å². The predicted molar refractivity (Wildman–Crippen MR) is 95.9 cm³/mol. The summed E-state index contributed by atoms with van der Waals surface area (Å²) in [4.78, 5) is 2.56. The number of hydrogen-bond acceptors (Lipinski definition) is 2. The van der Waals surface area contributed by atoms with Gasteiger partial charge in [-0.3, -0.25) is 0 Å². The molecule has 1 aliphatic rings. The van der Waals surface area contributed by atoms with E-state index in [-0.39, 0.29) is 0 Å². The Kier molecular flexibility index (Phi) is 5.73. The lowest BCUT2D eigenvalue weighted by Gasteiger charge is -2.39. The van der Waals surface area contributed by atoms with Crippen LogP contribution in [-0.2, 0) is 6.54 Å². The zero-order chi connectivity index (χ0) is 15.5. The first-order chi connectivity index (χ1) is 9.87. The zero-order valence-electron chi connectivity index (χ0n) is 13.9. The van der Waals surface area contributed by atoms with Crippen LogP contribution >= 0.6 is 15.9 Å². The third-order valence-corrected chi connectivity index (χ3v) is 4.87. The largest absolute Gasteiger partial charge is 0.371 e. The van der Waals surface area contributed by atoms with Crippen molar-refractivity contribution in [3.8, 4) is 0 Å². The standard InChI is InChI=1S/C18H29BrN2/c1-14(2)12-20-13-15-5-6-16(19)11-17(15)21-9-7-18(3,4)8-10-21/h5-6,11,14,20H,7-10,12-13H2,1-4H3. The summed E-state index contributed by atoms with van der Waals surface area (Å²) >= 11 is 3.63. The summed E-state index contributed by atoms with van der Waals surface area (Å²) in [5.41, 5.74) is 3.31. The van der Waals surface area contributed by atoms with E-state index in [0.29, 0.717) is 11.3 Å². The summed E-state index contributed by atoms with van der Waals surface area (Å²) in [5, 5.41) is 3.57. The molecule has 0 aromatic heterocycles. The first-order valence-corrected chi connectivity index (χ1v) is 8.91. The summed E-state index contributed by atoms with van der Waals surface area (Å²) in [6, 6.07) is 6.70. The van der Waals surface area contributed by atoms with E-state index in [9.17, 15) is 0 Å². The molecule has 1 N–H and O–H groups in total. The Labute approximate surface area is 138 Å². The van der Waals surface area contributed by atoms with Crippen LogP contribution in [0.25, 0.3) is 0 Å². The van der Waals surface area contributed by atoms with Crippen molar-refractivity contribution in [1.82, 2.24) is 5.32 Å². The number of halogens is 1. The third kappa shape index (κ3) is 5.00. The first kappa shape index (κ1) is 16.8. The molecule has 1 aromatic rings. The third-order valence-electron chi connectivity index (χ3n) is 4.37. The van der Waals surface area contributed by atoms with Crippen molar-refractivity contribution in [2.45, 2.75) is 47.1 Å². The molecule has 0 atom stereocenters. The highest BCUT2D eigenvalue weighted by atomic mass is 79.9. The van der Waals surface area contributed by atoms with Crippen LogP contribution in [0.4, 0.5) is 5.69 Å². The Morgan fingerprint density at radius 1 is 1.24 bits per heavy atom. The van der Waals surface area contributed by atoms with Gasteiger partial charge in [0.05, 0.1) is 0 Å². The van der Waals surface area contributed by atoms with Crippen LogP contribution in [0.15, 0.2) is 22.7 Å². The van der Waals surface area contributed by atoms with Gasteiger partial charge < -0.3 is 10.2 Å². The van der Waals surface area contributed by atoms with Crippen molar-refractivity contribution in [3.05, 3.63) is 28.2 Å². The fourth-order valence-electron chi connectivity index (χ4n) is 2.83. The van der Waals surface area contributed by atoms with Crippen molar-refractivity contribution in [2.75, 3.05) is 24.5 Å². The fourth-order valence-corrected chi connectivity index (χ4v) is 3.18. The molecule has 1 saturated heterocycles. The van der Waals surface area contributed by atoms with Crippen LogP contribution in [0.5, 0.6) is 0 Å². The molecular weight excluding hydrogens is 324 g/mol. The molecule has 21 heavy (non-hydrogen) atoms. The molecule has 0 unspecified atom stereocenters. The molecular formula is C18H29BrN2. The zero-order valence-corrected chi connectivity index (χ0v) is 15.5. The van der Waals surface area contributed by atoms with Crippen molar-refractivity contribution >= 4 is 21.6 Å². The maximum atomic E-state index is 3.63. The smallest absolute Gasteiger partial charge is 0.0423 e. The van der Waals surface area contributed by atoms with Crippen molar-refractivity contribution in [2.24, 2.45) is 11.3 Å². The Morgan fingerprint density at radius 2 is 1.90 bits per heavy atom. The fraction of sp³-hybridized carbons (Fsp3) is 0.667. The molecule has 0 radical (unpaired) electrons. The molecule has 1 aliphatic heterocycles. The number of nitrogens with one attached hydrogen (secondary N) is 1. The molecule has 2 nitrogen and oxygen atoms in total. The van der Waals surface area contributed by atoms with Crippen LogP contribution < -0.4 is 10.2 Å². The molecule has 0 saturated carbocycles. The topological polar surface area (TPSA) is 15.3 Å². The van der Waals surface area contributed by atoms with E-state index in [0.717, 1.165) is 13.1 Å². The number of anilines is 1. The predicted octanol–water partition coefficient (Wildman–Crippen LogP) is 4.82. The molecule has 0 aliphatic carbocycles. The number of nitrogens with zero attached hydrogens (tertiary/aromatic N) is 1. The van der Waals surface area contributed by atoms with E-state index in [4.69, 9.17) is 0 Å². The van der Waals surface area contributed by atoms with Crippen LogP contribution in [0, 0.1) is 11.3 Å². The monoisotopic (exact) mass is 352 g/mol. The van der Waals surface area contributed by atoms with E-state index in [1.165, 1.54) is 41.7 Å². The molecule has 0 bridgehead atoms. The first-order valence-electron chi connectivity index (χ1n) is 8.11. The summed E-state index contributed by atoms with van der Waals surface area (Å²) in [5.74, 6) is 0.694. The highest BCUT2D eigenvalue weighted by Crippen LogP contribution is 2.34. The summed E-state index contributed by atoms with van der Waals surface area (Å²) in [6.07, 6.45) is 2.55. The lowest BCUT2D eigenvalue weighted by molar-refractivity contribution is 0.279. The number of rotatable bonds is 5. The minimum atomic E-state index is 0.499. The van der Waals surface area contributed by atoms with Crippen LogP contribution in [0.2, 0.25) is 0 Å². The molecule has 1 fully saturated rings. The highest BCUT2D eigenvalue weighted by Gasteiger charge is 2.26. The number of benzene rings is 1. The number of hydrogen-bond donors (Lipinski definition) is 1. The highest BCUT2D eigenvalue weighted by molar-refractivity contribution is 9.10. The lowest BCUT2D eigenvalue weighted by atomic mass is 9.82. The Bertz CT molecular complexity index is 458. The molecule has 1 heterocycles. The van der Waals surface area contributed by atoms with E-state index in [1.54, 1.807) is 0 Å². The van der Waals surface area contributed by atoms with E-state index in [1.807, 2.05) is 0 Å². The summed E-state index contributed by atoms with van der Waals surface area (Å²) < 4.78 is 1.18. The van der Waals surface area contributed by atoms with Gasteiger partial charge in [-0.1, -0.05) is 49.7 Å². The van der Waals surface area contributed by atoms with Gasteiger partial charge in [-0.05, 0) is 48.4 Å². The van der Waals surface area contributed by atoms with Crippen LogP contribution in [0.3, 0.4) is 0 Å². The van der Waals surface area contributed by atoms with Gasteiger partial charge in [0.15, 0.2) is 0 Å². The van der Waals surface area contributed by atoms with Gasteiger partial charge in [-0.2, -0.15) is 0 Å². The van der Waals surface area contributed by atoms with Gasteiger partial charge in [0.25, 0.3) is 0 Å². The second-order valence-electron chi connectivity index (χ2n) is 7.45. The van der Waals surface area contributed by atoms with Gasteiger partial charge >= 0.3 is 0 Å². The normalized spacial score (nSPS) is 18.3. The van der Waals surface area contributed by atoms with Gasteiger partial charge in [0, 0.05) is 29.8 Å². The average molecular weight is 353 g/mol.